The zero-order valence-electron chi connectivity index (χ0n) is 27.9. The van der Waals surface area contributed by atoms with E-state index in [0.717, 1.165) is 55.9 Å². The lowest BCUT2D eigenvalue weighted by molar-refractivity contribution is -0.119. The fraction of sp³-hybridized carbons (Fsp3) is 0.474. The largest absolute Gasteiger partial charge is 0.490 e. The van der Waals surface area contributed by atoms with Gasteiger partial charge in [-0.1, -0.05) is 29.8 Å². The highest BCUT2D eigenvalue weighted by molar-refractivity contribution is 7.92. The van der Waals surface area contributed by atoms with Gasteiger partial charge < -0.3 is 18.8 Å². The third kappa shape index (κ3) is 7.32. The molecule has 2 aromatic carbocycles. The topological polar surface area (TPSA) is 110 Å². The Labute approximate surface area is 293 Å². The van der Waals surface area contributed by atoms with E-state index in [4.69, 9.17) is 25.5 Å². The van der Waals surface area contributed by atoms with Crippen molar-refractivity contribution in [3.05, 3.63) is 94.4 Å². The summed E-state index contributed by atoms with van der Waals surface area (Å²) in [6.07, 6.45) is 12.4. The Morgan fingerprint density at radius 2 is 2.08 bits per heavy atom. The second-order valence-electron chi connectivity index (χ2n) is 13.9. The van der Waals surface area contributed by atoms with Crippen molar-refractivity contribution in [2.24, 2.45) is 16.2 Å². The van der Waals surface area contributed by atoms with E-state index in [0.29, 0.717) is 54.8 Å². The van der Waals surface area contributed by atoms with Gasteiger partial charge >= 0.3 is 0 Å². The van der Waals surface area contributed by atoms with Crippen LogP contribution in [0.15, 0.2) is 75.7 Å². The Kier molecular flexibility index (Phi) is 9.91. The number of rotatable bonds is 5. The molecule has 1 fully saturated rings. The van der Waals surface area contributed by atoms with Gasteiger partial charge in [0.1, 0.15) is 21.4 Å². The predicted octanol–water partition coefficient (Wildman–Crippen LogP) is 7.07. The molecular formula is C38H44ClN3O6S. The molecule has 4 aliphatic rings. The van der Waals surface area contributed by atoms with E-state index in [1.165, 1.54) is 11.1 Å². The summed E-state index contributed by atoms with van der Waals surface area (Å²) in [5, 5.41) is 0.742. The fourth-order valence-electron chi connectivity index (χ4n) is 8.03. The van der Waals surface area contributed by atoms with Crippen molar-refractivity contribution in [1.82, 2.24) is 4.72 Å². The molecule has 11 heteroatoms. The summed E-state index contributed by atoms with van der Waals surface area (Å²) in [6.45, 7) is 2.03. The number of methoxy groups -OCH3 is 1. The number of hydrogen-bond donors (Lipinski definition) is 1. The standard InChI is InChI=1S/C38H44ClN3O6S/c1-46-34-9-3-2-4-20-49(45,40-36(43)17-13-30-8-6-19-47-30)41-37(44)27-11-16-35-33(22-27)42(23-28-10-14-31(28)34)24-38(25-48-35)18-5-7-26-21-29(39)12-15-32(26)38/h3,6,8-9,11-12,15-16,19,21-22,28,31,34H,2,4-5,7,10,13-14,17-18,20,23-25H2,1H3,(H,40,41,43,44,45)/b9-3+/t28-,31+,34-,38-,49?/m0/s1. The first-order valence-corrected chi connectivity index (χ1v) is 19.4. The van der Waals surface area contributed by atoms with Crippen LogP contribution >= 0.6 is 11.6 Å². The van der Waals surface area contributed by atoms with Crippen LogP contribution < -0.4 is 14.4 Å². The van der Waals surface area contributed by atoms with Crippen molar-refractivity contribution in [1.29, 1.82) is 0 Å². The van der Waals surface area contributed by atoms with Gasteiger partial charge in [0.05, 0.1) is 30.4 Å². The molecule has 7 rings (SSSR count). The molecule has 2 aliphatic heterocycles. The SMILES string of the molecule is CO[C@H]1/C=C/CCCS(=O)(NC(=O)CCc2ccco2)=NC(=O)c2ccc3c(c2)N(C[C@@H]2CC[C@H]21)C[C@@]1(CCCc2cc(Cl)ccc21)CO3. The lowest BCUT2D eigenvalue weighted by atomic mass is 9.68. The molecule has 9 nitrogen and oxygen atoms in total. The van der Waals surface area contributed by atoms with Gasteiger partial charge in [0, 0.05) is 49.0 Å². The zero-order valence-corrected chi connectivity index (χ0v) is 29.5. The molecule has 49 heavy (non-hydrogen) atoms. The Morgan fingerprint density at radius 3 is 2.88 bits per heavy atom. The average Bonchev–Trinajstić information content (AvgIpc) is 3.55. The highest BCUT2D eigenvalue weighted by Crippen LogP contribution is 2.47. The van der Waals surface area contributed by atoms with Crippen molar-refractivity contribution >= 4 is 39.0 Å². The van der Waals surface area contributed by atoms with Gasteiger partial charge in [-0.2, -0.15) is 0 Å². The van der Waals surface area contributed by atoms with Crippen molar-refractivity contribution in [3.8, 4) is 5.75 Å². The molecule has 1 unspecified atom stereocenters. The maximum atomic E-state index is 14.2. The minimum absolute atomic E-state index is 0.0379. The number of anilines is 1. The number of nitrogens with zero attached hydrogens (tertiary/aromatic N) is 2. The average molecular weight is 706 g/mol. The molecule has 0 saturated heterocycles. The molecular weight excluding hydrogens is 662 g/mol. The van der Waals surface area contributed by atoms with Crippen LogP contribution in [0.1, 0.15) is 72.2 Å². The molecule has 2 amide bonds. The number of furan rings is 1. The van der Waals surface area contributed by atoms with Gasteiger partial charge in [0.2, 0.25) is 5.91 Å². The molecule has 3 aromatic rings. The molecule has 1 N–H and O–H groups in total. The lowest BCUT2D eigenvalue weighted by Gasteiger charge is -2.46. The van der Waals surface area contributed by atoms with Crippen LogP contribution in [0.5, 0.6) is 5.75 Å². The van der Waals surface area contributed by atoms with Gasteiger partial charge in [-0.05, 0) is 110 Å². The summed E-state index contributed by atoms with van der Waals surface area (Å²) in [5.41, 5.74) is 3.43. The Morgan fingerprint density at radius 1 is 1.18 bits per heavy atom. The second-order valence-corrected chi connectivity index (χ2v) is 16.4. The molecule has 1 aromatic heterocycles. The number of ether oxygens (including phenoxy) is 2. The van der Waals surface area contributed by atoms with Crippen molar-refractivity contribution in [3.63, 3.8) is 0 Å². The quantitative estimate of drug-likeness (QED) is 0.283. The van der Waals surface area contributed by atoms with E-state index >= 15 is 0 Å². The summed E-state index contributed by atoms with van der Waals surface area (Å²) < 4.78 is 39.0. The van der Waals surface area contributed by atoms with Crippen LogP contribution in [-0.2, 0) is 37.7 Å². The number of allylic oxidation sites excluding steroid dienone is 1. The predicted molar refractivity (Wildman–Crippen MR) is 191 cm³/mol. The maximum Gasteiger partial charge on any atom is 0.286 e. The molecule has 1 spiro atoms. The van der Waals surface area contributed by atoms with Crippen LogP contribution in [0.3, 0.4) is 0 Å². The lowest BCUT2D eigenvalue weighted by Crippen LogP contribution is -2.49. The molecule has 5 atom stereocenters. The summed E-state index contributed by atoms with van der Waals surface area (Å²) >= 11 is 6.44. The summed E-state index contributed by atoms with van der Waals surface area (Å²) in [7, 11) is -1.65. The number of hydrogen-bond acceptors (Lipinski definition) is 7. The Balaban J connectivity index is 1.25. The number of halogens is 1. The first-order valence-electron chi connectivity index (χ1n) is 17.4. The molecule has 2 bridgehead atoms. The number of nitrogens with one attached hydrogen (secondary N) is 1. The van der Waals surface area contributed by atoms with Gasteiger partial charge in [0.25, 0.3) is 5.91 Å². The summed E-state index contributed by atoms with van der Waals surface area (Å²) in [4.78, 5) is 29.2. The van der Waals surface area contributed by atoms with E-state index in [1.807, 2.05) is 18.2 Å². The monoisotopic (exact) mass is 705 g/mol. The first-order chi connectivity index (χ1) is 23.7. The molecule has 260 valence electrons. The van der Waals surface area contributed by atoms with E-state index in [-0.39, 0.29) is 23.7 Å². The number of carbonyl (C=O) groups is 2. The van der Waals surface area contributed by atoms with Gasteiger partial charge in [-0.15, -0.1) is 4.36 Å². The molecule has 1 saturated carbocycles. The minimum Gasteiger partial charge on any atom is -0.490 e. The number of carbonyl (C=O) groups excluding carboxylic acids is 2. The number of amides is 2. The van der Waals surface area contributed by atoms with Crippen LogP contribution in [0, 0.1) is 11.8 Å². The van der Waals surface area contributed by atoms with Gasteiger partial charge in [-0.3, -0.25) is 14.3 Å². The fourth-order valence-corrected chi connectivity index (χ4v) is 9.86. The Bertz CT molecular complexity index is 1850. The highest BCUT2D eigenvalue weighted by atomic mass is 35.5. The normalized spacial score (nSPS) is 29.0. The molecule has 2 aliphatic carbocycles. The van der Waals surface area contributed by atoms with Crippen LogP contribution in [0.2, 0.25) is 5.02 Å². The molecule has 3 heterocycles. The number of benzene rings is 2. The van der Waals surface area contributed by atoms with Crippen molar-refractivity contribution < 1.29 is 27.7 Å². The first kappa shape index (κ1) is 33.9. The van der Waals surface area contributed by atoms with Gasteiger partial charge in [-0.25, -0.2) is 4.21 Å². The third-order valence-electron chi connectivity index (χ3n) is 10.7. The molecule has 0 radical (unpaired) electrons. The summed E-state index contributed by atoms with van der Waals surface area (Å²) in [6, 6.07) is 15.1. The minimum atomic E-state index is -3.41. The van der Waals surface area contributed by atoms with E-state index in [2.05, 4.69) is 38.3 Å². The maximum absolute atomic E-state index is 14.2. The second kappa shape index (κ2) is 14.3. The van der Waals surface area contributed by atoms with Crippen molar-refractivity contribution in [2.75, 3.05) is 37.5 Å². The van der Waals surface area contributed by atoms with Crippen LogP contribution in [-0.4, -0.2) is 54.7 Å². The van der Waals surface area contributed by atoms with Crippen LogP contribution in [0.25, 0.3) is 0 Å². The Hall–Kier alpha value is -3.60. The van der Waals surface area contributed by atoms with Gasteiger partial charge in [0.15, 0.2) is 0 Å². The third-order valence-corrected chi connectivity index (χ3v) is 12.8. The zero-order chi connectivity index (χ0) is 34.0. The van der Waals surface area contributed by atoms with E-state index < -0.39 is 21.7 Å². The highest BCUT2D eigenvalue weighted by Gasteiger charge is 2.44. The summed E-state index contributed by atoms with van der Waals surface area (Å²) in [5.74, 6) is 1.10. The van der Waals surface area contributed by atoms with E-state index in [1.54, 1.807) is 31.6 Å². The number of aryl methyl sites for hydroxylation is 2. The van der Waals surface area contributed by atoms with Crippen molar-refractivity contribution in [2.45, 2.75) is 69.3 Å². The smallest absolute Gasteiger partial charge is 0.286 e. The number of fused-ring (bicyclic) bond motifs is 4. The van der Waals surface area contributed by atoms with Crippen LogP contribution in [0.4, 0.5) is 5.69 Å². The van der Waals surface area contributed by atoms with E-state index in [9.17, 15) is 13.8 Å².